The molecular weight excluding hydrogens is 248 g/mol. The number of hydrogen-bond acceptors (Lipinski definition) is 3. The molecule has 110 valence electrons. The maximum absolute atomic E-state index is 12.0. The van der Waals surface area contributed by atoms with Crippen molar-refractivity contribution in [2.45, 2.75) is 45.8 Å². The molecule has 6 heteroatoms. The predicted molar refractivity (Wildman–Crippen MR) is 70.8 cm³/mol. The number of aliphatic hydroxyl groups is 1. The van der Waals surface area contributed by atoms with E-state index in [1.165, 1.54) is 0 Å². The quantitative estimate of drug-likeness (QED) is 0.709. The van der Waals surface area contributed by atoms with Crippen molar-refractivity contribution in [2.75, 3.05) is 13.1 Å². The van der Waals surface area contributed by atoms with E-state index >= 15 is 0 Å². The van der Waals surface area contributed by atoms with Gasteiger partial charge in [0.25, 0.3) is 0 Å². The zero-order chi connectivity index (χ0) is 14.6. The van der Waals surface area contributed by atoms with Gasteiger partial charge in [-0.1, -0.05) is 13.8 Å². The number of carbonyl (C=O) groups excluding carboxylic acids is 1. The number of carbonyl (C=O) groups is 2. The van der Waals surface area contributed by atoms with Gasteiger partial charge >= 0.3 is 12.0 Å². The number of rotatable bonds is 4. The second-order valence-electron chi connectivity index (χ2n) is 5.59. The van der Waals surface area contributed by atoms with Gasteiger partial charge in [-0.25, -0.2) is 9.59 Å². The molecule has 1 aliphatic heterocycles. The average molecular weight is 272 g/mol. The first-order valence-corrected chi connectivity index (χ1v) is 6.78. The van der Waals surface area contributed by atoms with Crippen LogP contribution in [0.1, 0.15) is 33.6 Å². The fraction of sp³-hybridized carbons (Fsp3) is 0.846. The van der Waals surface area contributed by atoms with Gasteiger partial charge in [-0.2, -0.15) is 0 Å². The molecule has 1 heterocycles. The topological polar surface area (TPSA) is 89.9 Å². The smallest absolute Gasteiger partial charge is 0.332 e. The molecule has 4 unspecified atom stereocenters. The summed E-state index contributed by atoms with van der Waals surface area (Å²) in [6.07, 6.45) is -0.284. The number of aliphatic hydroxyl groups excluding tert-OH is 1. The first kappa shape index (κ1) is 15.8. The van der Waals surface area contributed by atoms with Gasteiger partial charge in [0.2, 0.25) is 0 Å². The highest BCUT2D eigenvalue weighted by Crippen LogP contribution is 2.26. The third-order valence-corrected chi connectivity index (χ3v) is 3.84. The number of piperidine rings is 1. The van der Waals surface area contributed by atoms with Crippen LogP contribution in [0.5, 0.6) is 0 Å². The van der Waals surface area contributed by atoms with Crippen LogP contribution in [0.15, 0.2) is 0 Å². The fourth-order valence-corrected chi connectivity index (χ4v) is 2.52. The molecule has 1 rings (SSSR count). The molecule has 0 bridgehead atoms. The Morgan fingerprint density at radius 2 is 2.00 bits per heavy atom. The molecule has 0 aromatic heterocycles. The number of carboxylic acid groups (broad SMARTS) is 1. The summed E-state index contributed by atoms with van der Waals surface area (Å²) in [5, 5.41) is 20.3. The Labute approximate surface area is 113 Å². The molecule has 19 heavy (non-hydrogen) atoms. The summed E-state index contributed by atoms with van der Waals surface area (Å²) in [7, 11) is 0. The number of nitrogens with zero attached hydrogens (tertiary/aromatic N) is 1. The van der Waals surface area contributed by atoms with E-state index in [4.69, 9.17) is 10.2 Å². The monoisotopic (exact) mass is 272 g/mol. The van der Waals surface area contributed by atoms with Crippen molar-refractivity contribution in [1.29, 1.82) is 0 Å². The van der Waals surface area contributed by atoms with Crippen LogP contribution in [0.2, 0.25) is 0 Å². The maximum atomic E-state index is 12.0. The van der Waals surface area contributed by atoms with Crippen LogP contribution in [0.4, 0.5) is 4.79 Å². The van der Waals surface area contributed by atoms with Gasteiger partial charge in [0.05, 0.1) is 0 Å². The van der Waals surface area contributed by atoms with Gasteiger partial charge in [-0.3, -0.25) is 0 Å². The molecule has 4 atom stereocenters. The molecule has 0 aromatic carbocycles. The minimum Gasteiger partial charge on any atom is -0.479 e. The second kappa shape index (κ2) is 6.75. The summed E-state index contributed by atoms with van der Waals surface area (Å²) in [6, 6.07) is 0.00378. The van der Waals surface area contributed by atoms with Crippen LogP contribution >= 0.6 is 0 Å². The van der Waals surface area contributed by atoms with Crippen molar-refractivity contribution in [3.63, 3.8) is 0 Å². The highest BCUT2D eigenvalue weighted by atomic mass is 16.4. The molecule has 0 aliphatic carbocycles. The molecule has 0 saturated carbocycles. The third kappa shape index (κ3) is 4.38. The summed E-state index contributed by atoms with van der Waals surface area (Å²) in [5.74, 6) is -0.330. The molecule has 1 aliphatic rings. The van der Waals surface area contributed by atoms with Crippen molar-refractivity contribution in [2.24, 2.45) is 11.8 Å². The van der Waals surface area contributed by atoms with Gasteiger partial charge in [-0.15, -0.1) is 0 Å². The van der Waals surface area contributed by atoms with Crippen LogP contribution in [0, 0.1) is 11.8 Å². The van der Waals surface area contributed by atoms with Gasteiger partial charge in [-0.05, 0) is 25.2 Å². The Morgan fingerprint density at radius 3 is 2.58 bits per heavy atom. The van der Waals surface area contributed by atoms with Crippen LogP contribution in [0.25, 0.3) is 0 Å². The lowest BCUT2D eigenvalue weighted by Gasteiger charge is -2.41. The number of likely N-dealkylation sites (tertiary alicyclic amines) is 1. The van der Waals surface area contributed by atoms with Crippen molar-refractivity contribution in [3.8, 4) is 0 Å². The van der Waals surface area contributed by atoms with Crippen LogP contribution < -0.4 is 5.32 Å². The highest BCUT2D eigenvalue weighted by Gasteiger charge is 2.31. The standard InChI is InChI=1S/C13H24N2O4/c1-8-6-9(2)10(3)15(7-8)13(19)14-5-4-11(16)12(17)18/h8-11,16H,4-7H2,1-3H3,(H,14,19)(H,17,18). The van der Waals surface area contributed by atoms with Gasteiger partial charge in [0, 0.05) is 25.6 Å². The lowest BCUT2D eigenvalue weighted by atomic mass is 9.86. The van der Waals surface area contributed by atoms with Crippen LogP contribution in [0.3, 0.4) is 0 Å². The van der Waals surface area contributed by atoms with Crippen molar-refractivity contribution in [3.05, 3.63) is 0 Å². The predicted octanol–water partition coefficient (Wildman–Crippen LogP) is 0.898. The molecule has 0 radical (unpaired) electrons. The third-order valence-electron chi connectivity index (χ3n) is 3.84. The molecule has 1 fully saturated rings. The fourth-order valence-electron chi connectivity index (χ4n) is 2.52. The summed E-state index contributed by atoms with van der Waals surface area (Å²) in [5.41, 5.74) is 0. The molecule has 3 N–H and O–H groups in total. The SMILES string of the molecule is CC1CC(C)C(C)N(C(=O)NCCC(O)C(=O)O)C1. The van der Waals surface area contributed by atoms with E-state index in [0.29, 0.717) is 11.8 Å². The van der Waals surface area contributed by atoms with E-state index in [0.717, 1.165) is 13.0 Å². The number of aliphatic carboxylic acids is 1. The Hall–Kier alpha value is -1.30. The van der Waals surface area contributed by atoms with E-state index in [-0.39, 0.29) is 25.0 Å². The van der Waals surface area contributed by atoms with Gasteiger partial charge in [0.1, 0.15) is 0 Å². The second-order valence-corrected chi connectivity index (χ2v) is 5.59. The number of urea groups is 1. The number of nitrogens with one attached hydrogen (secondary N) is 1. The zero-order valence-electron chi connectivity index (χ0n) is 11.8. The van der Waals surface area contributed by atoms with Crippen LogP contribution in [-0.4, -0.2) is 52.3 Å². The van der Waals surface area contributed by atoms with E-state index in [2.05, 4.69) is 19.2 Å². The lowest BCUT2D eigenvalue weighted by Crippen LogP contribution is -2.52. The minimum absolute atomic E-state index is 0.0222. The Bertz CT molecular complexity index is 335. The largest absolute Gasteiger partial charge is 0.479 e. The first-order chi connectivity index (χ1) is 8.82. The molecule has 0 spiro atoms. The van der Waals surface area contributed by atoms with E-state index < -0.39 is 12.1 Å². The lowest BCUT2D eigenvalue weighted by molar-refractivity contribution is -0.146. The van der Waals surface area contributed by atoms with E-state index in [1.54, 1.807) is 4.90 Å². The Balaban J connectivity index is 2.42. The molecular formula is C13H24N2O4. The molecule has 0 aromatic rings. The first-order valence-electron chi connectivity index (χ1n) is 6.78. The highest BCUT2D eigenvalue weighted by molar-refractivity contribution is 5.75. The van der Waals surface area contributed by atoms with E-state index in [1.807, 2.05) is 6.92 Å². The van der Waals surface area contributed by atoms with Crippen molar-refractivity contribution < 1.29 is 19.8 Å². The van der Waals surface area contributed by atoms with Crippen LogP contribution in [-0.2, 0) is 4.79 Å². The summed E-state index contributed by atoms with van der Waals surface area (Å²) in [6.45, 7) is 7.17. The zero-order valence-corrected chi connectivity index (χ0v) is 11.8. The number of carboxylic acids is 1. The average Bonchev–Trinajstić information content (AvgIpc) is 2.33. The van der Waals surface area contributed by atoms with Gasteiger partial charge < -0.3 is 20.4 Å². The summed E-state index contributed by atoms with van der Waals surface area (Å²) >= 11 is 0. The molecule has 6 nitrogen and oxygen atoms in total. The normalized spacial score (nSPS) is 28.8. The maximum Gasteiger partial charge on any atom is 0.332 e. The number of hydrogen-bond donors (Lipinski definition) is 3. The minimum atomic E-state index is -1.42. The van der Waals surface area contributed by atoms with Crippen molar-refractivity contribution in [1.82, 2.24) is 10.2 Å². The summed E-state index contributed by atoms with van der Waals surface area (Å²) < 4.78 is 0. The Kier molecular flexibility index (Phi) is 5.60. The summed E-state index contributed by atoms with van der Waals surface area (Å²) in [4.78, 5) is 24.3. The van der Waals surface area contributed by atoms with E-state index in [9.17, 15) is 9.59 Å². The van der Waals surface area contributed by atoms with Gasteiger partial charge in [0.15, 0.2) is 6.10 Å². The Morgan fingerprint density at radius 1 is 1.37 bits per heavy atom. The molecule has 1 saturated heterocycles. The molecule has 2 amide bonds. The number of amides is 2. The van der Waals surface area contributed by atoms with Crippen molar-refractivity contribution >= 4 is 12.0 Å².